The van der Waals surface area contributed by atoms with Crippen LogP contribution in [0.4, 0.5) is 5.69 Å². The predicted octanol–water partition coefficient (Wildman–Crippen LogP) is 1.78. The fourth-order valence-corrected chi connectivity index (χ4v) is 3.90. The van der Waals surface area contributed by atoms with Crippen molar-refractivity contribution in [1.82, 2.24) is 0 Å². The van der Waals surface area contributed by atoms with Crippen LogP contribution in [-0.2, 0) is 14.8 Å². The molecule has 2 rings (SSSR count). The summed E-state index contributed by atoms with van der Waals surface area (Å²) >= 11 is 1.63. The van der Waals surface area contributed by atoms with Gasteiger partial charge in [0.1, 0.15) is 0 Å². The van der Waals surface area contributed by atoms with E-state index < -0.39 is 10.0 Å². The summed E-state index contributed by atoms with van der Waals surface area (Å²) in [5, 5.41) is 7.93. The molecular weight excluding hydrogens is 296 g/mol. The Morgan fingerprint density at radius 2 is 2.10 bits per heavy atom. The van der Waals surface area contributed by atoms with Gasteiger partial charge in [0.05, 0.1) is 10.1 Å². The van der Waals surface area contributed by atoms with E-state index in [9.17, 15) is 13.2 Å². The molecule has 1 fully saturated rings. The lowest BCUT2D eigenvalue weighted by atomic mass is 10.1. The molecule has 1 aromatic rings. The molecule has 0 aromatic heterocycles. The number of rotatable bonds is 3. The highest BCUT2D eigenvalue weighted by Crippen LogP contribution is 2.29. The van der Waals surface area contributed by atoms with Crippen molar-refractivity contribution in [2.45, 2.75) is 36.8 Å². The average molecular weight is 314 g/mol. The van der Waals surface area contributed by atoms with Crippen molar-refractivity contribution in [3.63, 3.8) is 0 Å². The highest BCUT2D eigenvalue weighted by Gasteiger charge is 2.24. The SMILES string of the molecule is Cc1cc(S(N)(=O)=O)cc(NC(=O)C2CCCS2)c1C. The Bertz CT molecular complexity index is 635. The van der Waals surface area contributed by atoms with Crippen molar-refractivity contribution in [2.24, 2.45) is 5.14 Å². The number of hydrogen-bond acceptors (Lipinski definition) is 4. The largest absolute Gasteiger partial charge is 0.325 e. The van der Waals surface area contributed by atoms with Crippen LogP contribution >= 0.6 is 11.8 Å². The second-order valence-corrected chi connectivity index (χ2v) is 7.82. The van der Waals surface area contributed by atoms with E-state index in [1.165, 1.54) is 12.1 Å². The highest BCUT2D eigenvalue weighted by molar-refractivity contribution is 8.00. The first-order valence-corrected chi connectivity index (χ1v) is 8.95. The number of anilines is 1. The van der Waals surface area contributed by atoms with E-state index in [1.54, 1.807) is 18.7 Å². The molecule has 1 unspecified atom stereocenters. The minimum atomic E-state index is -3.78. The molecule has 0 saturated carbocycles. The van der Waals surface area contributed by atoms with E-state index in [4.69, 9.17) is 5.14 Å². The maximum atomic E-state index is 12.1. The van der Waals surface area contributed by atoms with Crippen LogP contribution in [-0.4, -0.2) is 25.3 Å². The van der Waals surface area contributed by atoms with Gasteiger partial charge in [0.15, 0.2) is 0 Å². The van der Waals surface area contributed by atoms with Crippen LogP contribution in [0.25, 0.3) is 0 Å². The third-order valence-electron chi connectivity index (χ3n) is 3.45. The number of nitrogens with two attached hydrogens (primary N) is 1. The van der Waals surface area contributed by atoms with Gasteiger partial charge in [-0.05, 0) is 55.7 Å². The molecule has 0 radical (unpaired) electrons. The molecule has 1 saturated heterocycles. The van der Waals surface area contributed by atoms with Crippen LogP contribution in [0.3, 0.4) is 0 Å². The van der Waals surface area contributed by atoms with Gasteiger partial charge < -0.3 is 5.32 Å². The molecule has 7 heteroatoms. The molecule has 1 heterocycles. The summed E-state index contributed by atoms with van der Waals surface area (Å²) in [7, 11) is -3.78. The Hall–Kier alpha value is -1.05. The molecule has 1 aliphatic heterocycles. The first kappa shape index (κ1) is 15.3. The van der Waals surface area contributed by atoms with E-state index in [2.05, 4.69) is 5.32 Å². The van der Waals surface area contributed by atoms with E-state index >= 15 is 0 Å². The Morgan fingerprint density at radius 3 is 2.65 bits per heavy atom. The van der Waals surface area contributed by atoms with Crippen molar-refractivity contribution in [1.29, 1.82) is 0 Å². The molecule has 0 aliphatic carbocycles. The average Bonchev–Trinajstić information content (AvgIpc) is 2.87. The fourth-order valence-electron chi connectivity index (χ4n) is 2.12. The van der Waals surface area contributed by atoms with Gasteiger partial charge in [-0.2, -0.15) is 0 Å². The monoisotopic (exact) mass is 314 g/mol. The number of primary sulfonamides is 1. The Morgan fingerprint density at radius 1 is 1.40 bits per heavy atom. The minimum Gasteiger partial charge on any atom is -0.325 e. The van der Waals surface area contributed by atoms with Gasteiger partial charge >= 0.3 is 0 Å². The maximum absolute atomic E-state index is 12.1. The van der Waals surface area contributed by atoms with Crippen molar-refractivity contribution in [2.75, 3.05) is 11.1 Å². The smallest absolute Gasteiger partial charge is 0.238 e. The molecule has 5 nitrogen and oxygen atoms in total. The summed E-state index contributed by atoms with van der Waals surface area (Å²) in [6.07, 6.45) is 1.90. The molecule has 1 aromatic carbocycles. The van der Waals surface area contributed by atoms with Crippen LogP contribution in [0.5, 0.6) is 0 Å². The predicted molar refractivity (Wildman–Crippen MR) is 81.4 cm³/mol. The topological polar surface area (TPSA) is 89.3 Å². The van der Waals surface area contributed by atoms with Gasteiger partial charge in [-0.25, -0.2) is 13.6 Å². The lowest BCUT2D eigenvalue weighted by Gasteiger charge is -2.15. The zero-order chi connectivity index (χ0) is 14.9. The molecule has 1 amide bonds. The van der Waals surface area contributed by atoms with Crippen LogP contribution in [0.15, 0.2) is 17.0 Å². The number of nitrogens with one attached hydrogen (secondary N) is 1. The first-order valence-electron chi connectivity index (χ1n) is 6.35. The normalized spacial score (nSPS) is 19.1. The second kappa shape index (κ2) is 5.75. The van der Waals surface area contributed by atoms with Crippen LogP contribution in [0.2, 0.25) is 0 Å². The third-order valence-corrected chi connectivity index (χ3v) is 5.72. The van der Waals surface area contributed by atoms with E-state index in [-0.39, 0.29) is 16.1 Å². The number of sulfonamides is 1. The third kappa shape index (κ3) is 3.34. The van der Waals surface area contributed by atoms with Crippen molar-refractivity contribution < 1.29 is 13.2 Å². The van der Waals surface area contributed by atoms with E-state index in [0.29, 0.717) is 5.69 Å². The minimum absolute atomic E-state index is 0.0231. The van der Waals surface area contributed by atoms with Gasteiger partial charge in [0.2, 0.25) is 15.9 Å². The van der Waals surface area contributed by atoms with Crippen LogP contribution in [0.1, 0.15) is 24.0 Å². The standard InChI is InChI=1S/C13H18N2O3S2/c1-8-6-10(20(14,17)18)7-11(9(8)2)15-13(16)12-4-3-5-19-12/h6-7,12H,3-5H2,1-2H3,(H,15,16)(H2,14,17,18). The number of aryl methyl sites for hydroxylation is 1. The summed E-state index contributed by atoms with van der Waals surface area (Å²) in [4.78, 5) is 12.1. The van der Waals surface area contributed by atoms with E-state index in [0.717, 1.165) is 29.7 Å². The number of benzene rings is 1. The van der Waals surface area contributed by atoms with Gasteiger partial charge in [-0.3, -0.25) is 4.79 Å². The second-order valence-electron chi connectivity index (χ2n) is 4.95. The molecule has 1 aliphatic rings. The molecule has 1 atom stereocenters. The summed E-state index contributed by atoms with van der Waals surface area (Å²) in [5.74, 6) is 0.925. The van der Waals surface area contributed by atoms with Gasteiger partial charge in [0.25, 0.3) is 0 Å². The Kier molecular flexibility index (Phi) is 4.41. The molecular formula is C13H18N2O3S2. The van der Waals surface area contributed by atoms with Crippen molar-refractivity contribution in [3.05, 3.63) is 23.3 Å². The molecule has 3 N–H and O–H groups in total. The van der Waals surface area contributed by atoms with Gasteiger partial charge in [-0.1, -0.05) is 0 Å². The number of carbonyl (C=O) groups excluding carboxylic acids is 1. The quantitative estimate of drug-likeness (QED) is 0.890. The van der Waals surface area contributed by atoms with E-state index in [1.807, 2.05) is 6.92 Å². The summed E-state index contributed by atoms with van der Waals surface area (Å²) in [6.45, 7) is 3.64. The van der Waals surface area contributed by atoms with Crippen LogP contribution < -0.4 is 10.5 Å². The Balaban J connectivity index is 2.31. The molecule has 0 spiro atoms. The first-order chi connectivity index (χ1) is 9.29. The Labute approximate surface area is 123 Å². The summed E-state index contributed by atoms with van der Waals surface area (Å²) < 4.78 is 22.9. The van der Waals surface area contributed by atoms with Crippen LogP contribution in [0, 0.1) is 13.8 Å². The lowest BCUT2D eigenvalue weighted by molar-refractivity contribution is -0.115. The lowest BCUT2D eigenvalue weighted by Crippen LogP contribution is -2.24. The molecule has 110 valence electrons. The highest BCUT2D eigenvalue weighted by atomic mass is 32.2. The summed E-state index contributed by atoms with van der Waals surface area (Å²) in [5.41, 5.74) is 2.16. The van der Waals surface area contributed by atoms with Gasteiger partial charge in [0, 0.05) is 5.69 Å². The zero-order valence-electron chi connectivity index (χ0n) is 11.5. The maximum Gasteiger partial charge on any atom is 0.238 e. The molecule has 0 bridgehead atoms. The molecule has 20 heavy (non-hydrogen) atoms. The number of carbonyl (C=O) groups is 1. The number of amides is 1. The van der Waals surface area contributed by atoms with Crippen molar-refractivity contribution in [3.8, 4) is 0 Å². The summed E-state index contributed by atoms with van der Waals surface area (Å²) in [6, 6.07) is 2.94. The fraction of sp³-hybridized carbons (Fsp3) is 0.462. The number of thioether (sulfide) groups is 1. The van der Waals surface area contributed by atoms with Gasteiger partial charge in [-0.15, -0.1) is 11.8 Å². The van der Waals surface area contributed by atoms with Crippen molar-refractivity contribution >= 4 is 33.4 Å². The zero-order valence-corrected chi connectivity index (χ0v) is 13.1. The number of hydrogen-bond donors (Lipinski definition) is 2.